The van der Waals surface area contributed by atoms with Crippen molar-refractivity contribution in [2.24, 2.45) is 5.10 Å². The quantitative estimate of drug-likeness (QED) is 0.433. The zero-order chi connectivity index (χ0) is 23.8. The van der Waals surface area contributed by atoms with Crippen LogP contribution in [0.2, 0.25) is 5.02 Å². The molecule has 0 atom stereocenters. The normalized spacial score (nSPS) is 12.5. The Morgan fingerprint density at radius 3 is 2.35 bits per heavy atom. The highest BCUT2D eigenvalue weighted by atomic mass is 35.5. The number of nitrogens with zero attached hydrogens (tertiary/aromatic N) is 6. The zero-order valence-electron chi connectivity index (χ0n) is 19.1. The van der Waals surface area contributed by atoms with Gasteiger partial charge in [-0.3, -0.25) is 9.36 Å². The van der Waals surface area contributed by atoms with Crippen LogP contribution in [0.15, 0.2) is 77.9 Å². The maximum Gasteiger partial charge on any atom is 0.253 e. The van der Waals surface area contributed by atoms with E-state index in [4.69, 9.17) is 16.7 Å². The van der Waals surface area contributed by atoms with Crippen molar-refractivity contribution in [3.8, 4) is 5.69 Å². The van der Waals surface area contributed by atoms with Crippen molar-refractivity contribution >= 4 is 29.2 Å². The van der Waals surface area contributed by atoms with Gasteiger partial charge in [0.05, 0.1) is 12.2 Å². The number of hydrogen-bond acceptors (Lipinski definition) is 5. The minimum atomic E-state index is -0.0322. The lowest BCUT2D eigenvalue weighted by Gasteiger charge is -2.18. The average Bonchev–Trinajstić information content (AvgIpc) is 3.17. The lowest BCUT2D eigenvalue weighted by Crippen LogP contribution is -2.22. The fraction of sp³-hybridized carbons (Fsp3) is 0.154. The van der Waals surface area contributed by atoms with Gasteiger partial charge in [0.2, 0.25) is 0 Å². The Balaban J connectivity index is 1.61. The summed E-state index contributed by atoms with van der Waals surface area (Å²) in [5.41, 5.74) is 5.34. The first kappa shape index (κ1) is 21.9. The summed E-state index contributed by atoms with van der Waals surface area (Å²) in [5.74, 6) is 1.37. The number of para-hydroxylation sites is 1. The van der Waals surface area contributed by atoms with Crippen LogP contribution < -0.4 is 5.01 Å². The highest BCUT2D eigenvalue weighted by Crippen LogP contribution is 2.30. The minimum absolute atomic E-state index is 0.0322. The van der Waals surface area contributed by atoms with Crippen molar-refractivity contribution in [3.63, 3.8) is 0 Å². The summed E-state index contributed by atoms with van der Waals surface area (Å²) in [6, 6.07) is 23.3. The fourth-order valence-corrected chi connectivity index (χ4v) is 4.13. The van der Waals surface area contributed by atoms with Crippen LogP contribution in [0.4, 0.5) is 5.95 Å². The number of amides is 1. The number of fused-ring (bicyclic) bond motifs is 3. The molecule has 1 aromatic heterocycles. The zero-order valence-corrected chi connectivity index (χ0v) is 19.9. The van der Waals surface area contributed by atoms with E-state index in [1.807, 2.05) is 83.2 Å². The highest BCUT2D eigenvalue weighted by molar-refractivity contribution is 6.30. The number of aromatic nitrogens is 3. The standard InChI is InChI=1S/C26H23ClN6O/c1-17-28-29-26-32(16-18-8-10-20(11-9-18)25(34)31(2)3)30-24(19-12-14-21(27)15-13-19)22-6-4-5-7-23(22)33(17)26/h4-15H,16H2,1-3H3. The lowest BCUT2D eigenvalue weighted by molar-refractivity contribution is 0.0827. The Bertz CT molecular complexity index is 1390. The maximum absolute atomic E-state index is 12.3. The summed E-state index contributed by atoms with van der Waals surface area (Å²) >= 11 is 6.15. The van der Waals surface area contributed by atoms with Crippen LogP contribution in [-0.4, -0.2) is 45.4 Å². The summed E-state index contributed by atoms with van der Waals surface area (Å²) < 4.78 is 2.02. The first-order chi connectivity index (χ1) is 16.4. The number of benzene rings is 3. The molecule has 4 aromatic rings. The van der Waals surface area contributed by atoms with Crippen molar-refractivity contribution in [2.45, 2.75) is 13.5 Å². The van der Waals surface area contributed by atoms with Crippen LogP contribution in [0.3, 0.4) is 0 Å². The molecule has 5 rings (SSSR count). The predicted octanol–water partition coefficient (Wildman–Crippen LogP) is 4.70. The molecule has 7 nitrogen and oxygen atoms in total. The van der Waals surface area contributed by atoms with E-state index in [9.17, 15) is 4.79 Å². The molecular weight excluding hydrogens is 448 g/mol. The van der Waals surface area contributed by atoms with Crippen LogP contribution in [0.1, 0.15) is 32.9 Å². The average molecular weight is 471 g/mol. The monoisotopic (exact) mass is 470 g/mol. The Morgan fingerprint density at radius 1 is 0.941 bits per heavy atom. The molecule has 8 heteroatoms. The number of aryl methyl sites for hydroxylation is 1. The van der Waals surface area contributed by atoms with Gasteiger partial charge in [-0.05, 0) is 42.8 Å². The molecule has 1 aliphatic rings. The molecule has 0 saturated heterocycles. The van der Waals surface area contributed by atoms with Crippen LogP contribution in [-0.2, 0) is 6.54 Å². The number of hydrogen-bond donors (Lipinski definition) is 0. The third-order valence-corrected chi connectivity index (χ3v) is 5.97. The van der Waals surface area contributed by atoms with Gasteiger partial charge in [0.25, 0.3) is 11.9 Å². The molecule has 3 aromatic carbocycles. The summed E-state index contributed by atoms with van der Waals surface area (Å²) in [6.07, 6.45) is 0. The number of hydrazone groups is 1. The fourth-order valence-electron chi connectivity index (χ4n) is 4.00. The molecule has 0 saturated carbocycles. The van der Waals surface area contributed by atoms with Gasteiger partial charge in [-0.15, -0.1) is 10.2 Å². The van der Waals surface area contributed by atoms with Crippen LogP contribution in [0, 0.1) is 6.92 Å². The second-order valence-electron chi connectivity index (χ2n) is 8.31. The molecule has 170 valence electrons. The van der Waals surface area contributed by atoms with Crippen LogP contribution in [0.25, 0.3) is 5.69 Å². The van der Waals surface area contributed by atoms with E-state index in [2.05, 4.69) is 16.3 Å². The van der Waals surface area contributed by atoms with E-state index in [1.54, 1.807) is 19.0 Å². The molecule has 0 spiro atoms. The summed E-state index contributed by atoms with van der Waals surface area (Å²) in [6.45, 7) is 2.39. The number of carbonyl (C=O) groups is 1. The van der Waals surface area contributed by atoms with Gasteiger partial charge in [-0.1, -0.05) is 54.1 Å². The third-order valence-electron chi connectivity index (χ3n) is 5.72. The van der Waals surface area contributed by atoms with Crippen LogP contribution in [0.5, 0.6) is 0 Å². The van der Waals surface area contributed by atoms with E-state index in [0.29, 0.717) is 23.1 Å². The van der Waals surface area contributed by atoms with Gasteiger partial charge < -0.3 is 4.90 Å². The second-order valence-corrected chi connectivity index (χ2v) is 8.75. The van der Waals surface area contributed by atoms with Crippen LogP contribution >= 0.6 is 11.6 Å². The van der Waals surface area contributed by atoms with Gasteiger partial charge in [0.15, 0.2) is 0 Å². The molecule has 0 aliphatic carbocycles. The lowest BCUT2D eigenvalue weighted by atomic mass is 10.0. The van der Waals surface area contributed by atoms with Gasteiger partial charge in [-0.25, -0.2) is 5.01 Å². The summed E-state index contributed by atoms with van der Waals surface area (Å²) in [7, 11) is 3.49. The molecule has 0 radical (unpaired) electrons. The van der Waals surface area contributed by atoms with E-state index in [1.165, 1.54) is 0 Å². The van der Waals surface area contributed by atoms with Crippen molar-refractivity contribution in [1.82, 2.24) is 19.7 Å². The van der Waals surface area contributed by atoms with Gasteiger partial charge in [0, 0.05) is 35.8 Å². The molecule has 1 aliphatic heterocycles. The first-order valence-electron chi connectivity index (χ1n) is 10.9. The second kappa shape index (κ2) is 8.76. The van der Waals surface area contributed by atoms with E-state index in [-0.39, 0.29) is 5.91 Å². The molecule has 2 heterocycles. The number of halogens is 1. The molecule has 0 bridgehead atoms. The Hall–Kier alpha value is -3.97. The smallest absolute Gasteiger partial charge is 0.253 e. The Labute approximate surface area is 202 Å². The van der Waals surface area contributed by atoms with Gasteiger partial charge in [0.1, 0.15) is 11.5 Å². The number of rotatable bonds is 4. The van der Waals surface area contributed by atoms with Crippen molar-refractivity contribution in [2.75, 3.05) is 19.1 Å². The molecule has 0 N–H and O–H groups in total. The predicted molar refractivity (Wildman–Crippen MR) is 134 cm³/mol. The van der Waals surface area contributed by atoms with Gasteiger partial charge in [-0.2, -0.15) is 5.10 Å². The molecule has 0 unspecified atom stereocenters. The third kappa shape index (κ3) is 3.95. The van der Waals surface area contributed by atoms with Crippen molar-refractivity contribution in [1.29, 1.82) is 0 Å². The number of anilines is 1. The Morgan fingerprint density at radius 2 is 1.65 bits per heavy atom. The minimum Gasteiger partial charge on any atom is -0.345 e. The van der Waals surface area contributed by atoms with Crippen molar-refractivity contribution < 1.29 is 4.79 Å². The topological polar surface area (TPSA) is 66.6 Å². The molecule has 1 amide bonds. The number of carbonyl (C=O) groups excluding carboxylic acids is 1. The van der Waals surface area contributed by atoms with E-state index < -0.39 is 0 Å². The van der Waals surface area contributed by atoms with E-state index >= 15 is 0 Å². The summed E-state index contributed by atoms with van der Waals surface area (Å²) in [5, 5.41) is 16.4. The first-order valence-corrected chi connectivity index (χ1v) is 11.2. The highest BCUT2D eigenvalue weighted by Gasteiger charge is 2.26. The summed E-state index contributed by atoms with van der Waals surface area (Å²) in [4.78, 5) is 13.8. The van der Waals surface area contributed by atoms with E-state index in [0.717, 1.165) is 33.9 Å². The molecular formula is C26H23ClN6O. The Kier molecular flexibility index (Phi) is 5.63. The molecule has 34 heavy (non-hydrogen) atoms. The SMILES string of the molecule is Cc1nnc2n1-c1ccccc1C(c1ccc(Cl)cc1)=NN2Cc1ccc(C(=O)N(C)C)cc1. The van der Waals surface area contributed by atoms with Gasteiger partial charge >= 0.3 is 0 Å². The largest absolute Gasteiger partial charge is 0.345 e. The van der Waals surface area contributed by atoms with Crippen molar-refractivity contribution in [3.05, 3.63) is 106 Å². The molecule has 0 fully saturated rings. The maximum atomic E-state index is 12.3.